The second-order valence-electron chi connectivity index (χ2n) is 4.15. The highest BCUT2D eigenvalue weighted by Crippen LogP contribution is 2.21. The van der Waals surface area contributed by atoms with Gasteiger partial charge in [-0.15, -0.1) is 0 Å². The predicted molar refractivity (Wildman–Crippen MR) is 69.7 cm³/mol. The molecule has 0 spiro atoms. The van der Waals surface area contributed by atoms with Gasteiger partial charge in [0, 0.05) is 23.3 Å². The molecule has 0 fully saturated rings. The molecule has 1 aromatic carbocycles. The number of rotatable bonds is 1. The lowest BCUT2D eigenvalue weighted by molar-refractivity contribution is 1.26. The van der Waals surface area contributed by atoms with Crippen LogP contribution >= 0.6 is 0 Å². The topological polar surface area (TPSA) is 25.8 Å². The molecule has 2 heterocycles. The maximum atomic E-state index is 4.39. The van der Waals surface area contributed by atoms with Crippen molar-refractivity contribution in [1.82, 2.24) is 9.97 Å². The largest absolute Gasteiger partial charge is 0.236 e. The van der Waals surface area contributed by atoms with Crippen LogP contribution in [0.3, 0.4) is 0 Å². The molecule has 2 aromatic heterocycles. The van der Waals surface area contributed by atoms with E-state index in [2.05, 4.69) is 34.2 Å². The minimum absolute atomic E-state index is 0.801. The first-order valence-electron chi connectivity index (χ1n) is 5.61. The van der Waals surface area contributed by atoms with E-state index in [4.69, 9.17) is 0 Å². The van der Waals surface area contributed by atoms with Gasteiger partial charge in [0.25, 0.3) is 0 Å². The summed E-state index contributed by atoms with van der Waals surface area (Å²) in [6, 6.07) is 14.5. The van der Waals surface area contributed by atoms with Crippen LogP contribution in [0.2, 0.25) is 0 Å². The van der Waals surface area contributed by atoms with Gasteiger partial charge in [-0.1, -0.05) is 30.3 Å². The van der Waals surface area contributed by atoms with Gasteiger partial charge in [-0.25, -0.2) is 9.97 Å². The molecule has 0 unspecified atom stereocenters. The number of nitrogens with zero attached hydrogens (tertiary/aromatic N) is 2. The highest BCUT2D eigenvalue weighted by molar-refractivity contribution is 5.81. The third-order valence-electron chi connectivity index (χ3n) is 2.78. The maximum Gasteiger partial charge on any atom is 0.159 e. The predicted octanol–water partition coefficient (Wildman–Crippen LogP) is 3.61. The molecular formula is C15H12N2. The Labute approximate surface area is 100.0 Å². The summed E-state index contributed by atoms with van der Waals surface area (Å²) in [4.78, 5) is 8.69. The van der Waals surface area contributed by atoms with E-state index in [0.29, 0.717) is 0 Å². The van der Waals surface area contributed by atoms with Gasteiger partial charge in [-0.3, -0.25) is 0 Å². The second-order valence-corrected chi connectivity index (χ2v) is 4.15. The zero-order valence-corrected chi connectivity index (χ0v) is 9.59. The summed E-state index contributed by atoms with van der Waals surface area (Å²) >= 11 is 0. The Bertz CT molecular complexity index is 660. The number of benzene rings is 1. The van der Waals surface area contributed by atoms with Crippen LogP contribution in [-0.2, 0) is 0 Å². The Hall–Kier alpha value is -2.22. The third kappa shape index (κ3) is 1.89. The lowest BCUT2D eigenvalue weighted by Crippen LogP contribution is -1.86. The molecule has 0 bridgehead atoms. The van der Waals surface area contributed by atoms with Gasteiger partial charge < -0.3 is 0 Å². The van der Waals surface area contributed by atoms with E-state index < -0.39 is 0 Å². The summed E-state index contributed by atoms with van der Waals surface area (Å²) in [7, 11) is 0. The van der Waals surface area contributed by atoms with Crippen molar-refractivity contribution >= 4 is 11.0 Å². The minimum atomic E-state index is 0.801. The van der Waals surface area contributed by atoms with Gasteiger partial charge in [-0.2, -0.15) is 0 Å². The summed E-state index contributed by atoms with van der Waals surface area (Å²) in [5.74, 6) is 0. The molecule has 2 nitrogen and oxygen atoms in total. The minimum Gasteiger partial charge on any atom is -0.236 e. The SMILES string of the molecule is Cc1cnc2ncc(-c3ccccc3)cc2c1. The van der Waals surface area contributed by atoms with Gasteiger partial charge in [0.05, 0.1) is 0 Å². The second kappa shape index (κ2) is 3.98. The number of pyridine rings is 2. The number of hydrogen-bond acceptors (Lipinski definition) is 2. The van der Waals surface area contributed by atoms with Crippen molar-refractivity contribution in [1.29, 1.82) is 0 Å². The summed E-state index contributed by atoms with van der Waals surface area (Å²) < 4.78 is 0. The van der Waals surface area contributed by atoms with Crippen LogP contribution in [0.5, 0.6) is 0 Å². The average molecular weight is 220 g/mol. The molecule has 0 saturated carbocycles. The van der Waals surface area contributed by atoms with Crippen LogP contribution < -0.4 is 0 Å². The normalized spacial score (nSPS) is 10.6. The first-order chi connectivity index (χ1) is 8.33. The van der Waals surface area contributed by atoms with E-state index in [1.807, 2.05) is 37.5 Å². The lowest BCUT2D eigenvalue weighted by atomic mass is 10.1. The molecule has 0 aliphatic carbocycles. The molecule has 2 heteroatoms. The zero-order valence-electron chi connectivity index (χ0n) is 9.59. The first-order valence-corrected chi connectivity index (χ1v) is 5.61. The van der Waals surface area contributed by atoms with Crippen molar-refractivity contribution < 1.29 is 0 Å². The Morgan fingerprint density at radius 3 is 2.41 bits per heavy atom. The average Bonchev–Trinajstić information content (AvgIpc) is 2.39. The molecule has 3 rings (SSSR count). The number of hydrogen-bond donors (Lipinski definition) is 0. The first kappa shape index (κ1) is 9.97. The van der Waals surface area contributed by atoms with Gasteiger partial charge in [0.2, 0.25) is 0 Å². The standard InChI is InChI=1S/C15H12N2/c1-11-7-13-8-14(10-17-15(13)16-9-11)12-5-3-2-4-6-12/h2-10H,1H3. The number of fused-ring (bicyclic) bond motifs is 1. The molecule has 82 valence electrons. The monoisotopic (exact) mass is 220 g/mol. The number of aromatic nitrogens is 2. The van der Waals surface area contributed by atoms with E-state index in [1.165, 1.54) is 5.56 Å². The van der Waals surface area contributed by atoms with Gasteiger partial charge in [0.1, 0.15) is 0 Å². The Balaban J connectivity index is 2.19. The highest BCUT2D eigenvalue weighted by Gasteiger charge is 2.01. The molecule has 0 atom stereocenters. The van der Waals surface area contributed by atoms with Crippen LogP contribution in [0.25, 0.3) is 22.2 Å². The van der Waals surface area contributed by atoms with Gasteiger partial charge >= 0.3 is 0 Å². The molecule has 0 amide bonds. The Morgan fingerprint density at radius 1 is 0.824 bits per heavy atom. The highest BCUT2D eigenvalue weighted by atomic mass is 14.8. The molecule has 0 radical (unpaired) electrons. The van der Waals surface area contributed by atoms with Crippen molar-refractivity contribution in [2.24, 2.45) is 0 Å². The van der Waals surface area contributed by atoms with Crippen molar-refractivity contribution in [3.8, 4) is 11.1 Å². The maximum absolute atomic E-state index is 4.39. The van der Waals surface area contributed by atoms with E-state index in [9.17, 15) is 0 Å². The van der Waals surface area contributed by atoms with Gasteiger partial charge in [-0.05, 0) is 30.2 Å². The van der Waals surface area contributed by atoms with Crippen LogP contribution in [-0.4, -0.2) is 9.97 Å². The van der Waals surface area contributed by atoms with E-state index in [1.54, 1.807) is 0 Å². The van der Waals surface area contributed by atoms with Crippen LogP contribution in [0.15, 0.2) is 54.9 Å². The van der Waals surface area contributed by atoms with Crippen molar-refractivity contribution in [3.05, 3.63) is 60.4 Å². The van der Waals surface area contributed by atoms with Crippen molar-refractivity contribution in [2.75, 3.05) is 0 Å². The lowest BCUT2D eigenvalue weighted by Gasteiger charge is -2.03. The summed E-state index contributed by atoms with van der Waals surface area (Å²) in [5, 5.41) is 1.09. The van der Waals surface area contributed by atoms with E-state index in [0.717, 1.165) is 22.2 Å². The molecule has 0 aliphatic heterocycles. The van der Waals surface area contributed by atoms with Crippen LogP contribution in [0, 0.1) is 6.92 Å². The fraction of sp³-hybridized carbons (Fsp3) is 0.0667. The Kier molecular flexibility index (Phi) is 2.33. The van der Waals surface area contributed by atoms with Crippen molar-refractivity contribution in [2.45, 2.75) is 6.92 Å². The molecule has 3 aromatic rings. The summed E-state index contributed by atoms with van der Waals surface area (Å²) in [6.45, 7) is 2.04. The van der Waals surface area contributed by atoms with E-state index >= 15 is 0 Å². The molecule has 17 heavy (non-hydrogen) atoms. The molecule has 0 saturated heterocycles. The quantitative estimate of drug-likeness (QED) is 0.626. The fourth-order valence-corrected chi connectivity index (χ4v) is 1.92. The molecule has 0 N–H and O–H groups in total. The smallest absolute Gasteiger partial charge is 0.159 e. The van der Waals surface area contributed by atoms with Crippen LogP contribution in [0.1, 0.15) is 5.56 Å². The summed E-state index contributed by atoms with van der Waals surface area (Å²) in [6.07, 6.45) is 3.72. The molecular weight excluding hydrogens is 208 g/mol. The molecule has 0 aliphatic rings. The van der Waals surface area contributed by atoms with Crippen LogP contribution in [0.4, 0.5) is 0 Å². The van der Waals surface area contributed by atoms with Gasteiger partial charge in [0.15, 0.2) is 5.65 Å². The zero-order chi connectivity index (χ0) is 11.7. The number of aryl methyl sites for hydroxylation is 1. The van der Waals surface area contributed by atoms with E-state index in [-0.39, 0.29) is 0 Å². The Morgan fingerprint density at radius 2 is 1.59 bits per heavy atom. The third-order valence-corrected chi connectivity index (χ3v) is 2.78. The van der Waals surface area contributed by atoms with Crippen molar-refractivity contribution in [3.63, 3.8) is 0 Å². The summed E-state index contributed by atoms with van der Waals surface area (Å²) in [5.41, 5.74) is 4.27. The fourth-order valence-electron chi connectivity index (χ4n) is 1.92.